The Balaban J connectivity index is 0.00000112. The Kier molecular flexibility index (Phi) is 3.60. The van der Waals surface area contributed by atoms with Gasteiger partial charge in [-0.2, -0.15) is 0 Å². The van der Waals surface area contributed by atoms with Crippen LogP contribution in [-0.2, 0) is 0 Å². The molecular formula is C11H11NaO3. The maximum atomic E-state index is 11.3. The number of phenols is 1. The van der Waals surface area contributed by atoms with Crippen molar-refractivity contribution in [2.45, 2.75) is 13.8 Å². The molecule has 0 saturated heterocycles. The van der Waals surface area contributed by atoms with Crippen molar-refractivity contribution in [3.63, 3.8) is 0 Å². The van der Waals surface area contributed by atoms with Crippen LogP contribution in [0, 0.1) is 13.8 Å². The van der Waals surface area contributed by atoms with Crippen LogP contribution in [-0.4, -0.2) is 34.7 Å². The number of hydrogen-bond donors (Lipinski definition) is 1. The van der Waals surface area contributed by atoms with Gasteiger partial charge < -0.3 is 9.52 Å². The molecule has 2 rings (SSSR count). The Hall–Kier alpha value is -0.770. The molecule has 1 aromatic heterocycles. The second-order valence-corrected chi connectivity index (χ2v) is 3.32. The summed E-state index contributed by atoms with van der Waals surface area (Å²) in [6, 6.07) is 4.77. The van der Waals surface area contributed by atoms with Gasteiger partial charge in [0.2, 0.25) is 0 Å². The van der Waals surface area contributed by atoms with Gasteiger partial charge in [-0.1, -0.05) is 0 Å². The fourth-order valence-corrected chi connectivity index (χ4v) is 1.44. The van der Waals surface area contributed by atoms with E-state index < -0.39 is 0 Å². The van der Waals surface area contributed by atoms with Gasteiger partial charge in [-0.05, 0) is 31.5 Å². The van der Waals surface area contributed by atoms with Crippen LogP contribution < -0.4 is 5.63 Å². The standard InChI is InChI=1S/C11H10O3.Na.H/c1-6-7(2)11(13)14-10-5-8(12)3-4-9(6)10;;/h3-5,12H,1-2H3;;. The van der Waals surface area contributed by atoms with Crippen LogP contribution in [0.3, 0.4) is 0 Å². The van der Waals surface area contributed by atoms with Crippen molar-refractivity contribution in [2.24, 2.45) is 0 Å². The zero-order valence-electron chi connectivity index (χ0n) is 8.00. The van der Waals surface area contributed by atoms with Crippen LogP contribution in [0.5, 0.6) is 5.75 Å². The molecule has 0 saturated carbocycles. The molecule has 15 heavy (non-hydrogen) atoms. The number of benzene rings is 1. The van der Waals surface area contributed by atoms with Crippen molar-refractivity contribution in [3.05, 3.63) is 39.7 Å². The van der Waals surface area contributed by atoms with E-state index in [1.54, 1.807) is 19.1 Å². The van der Waals surface area contributed by atoms with Gasteiger partial charge in [-0.15, -0.1) is 0 Å². The van der Waals surface area contributed by atoms with E-state index in [0.29, 0.717) is 11.1 Å². The molecule has 0 bridgehead atoms. The molecule has 0 fully saturated rings. The number of aromatic hydroxyl groups is 1. The van der Waals surface area contributed by atoms with Crippen LogP contribution in [0.4, 0.5) is 0 Å². The van der Waals surface area contributed by atoms with Crippen molar-refractivity contribution in [2.75, 3.05) is 0 Å². The summed E-state index contributed by atoms with van der Waals surface area (Å²) >= 11 is 0. The van der Waals surface area contributed by atoms with Crippen molar-refractivity contribution in [3.8, 4) is 5.75 Å². The molecule has 0 aliphatic carbocycles. The van der Waals surface area contributed by atoms with Crippen LogP contribution in [0.15, 0.2) is 27.4 Å². The Morgan fingerprint density at radius 2 is 1.87 bits per heavy atom. The molecule has 0 atom stereocenters. The average molecular weight is 214 g/mol. The number of fused-ring (bicyclic) bond motifs is 1. The number of hydrogen-bond acceptors (Lipinski definition) is 3. The molecular weight excluding hydrogens is 203 g/mol. The molecule has 1 aromatic carbocycles. The summed E-state index contributed by atoms with van der Waals surface area (Å²) in [5.41, 5.74) is 1.60. The first-order chi connectivity index (χ1) is 6.59. The summed E-state index contributed by atoms with van der Waals surface area (Å²) in [5, 5.41) is 10.1. The molecule has 0 radical (unpaired) electrons. The Morgan fingerprint density at radius 1 is 1.20 bits per heavy atom. The number of phenolic OH excluding ortho intramolecular Hbond substituents is 1. The van der Waals surface area contributed by atoms with Gasteiger partial charge in [-0.3, -0.25) is 0 Å². The zero-order chi connectivity index (χ0) is 10.3. The summed E-state index contributed by atoms with van der Waals surface area (Å²) in [4.78, 5) is 11.3. The first kappa shape index (κ1) is 12.3. The first-order valence-electron chi connectivity index (χ1n) is 4.32. The minimum absolute atomic E-state index is 0. The third-order valence-corrected chi connectivity index (χ3v) is 2.44. The van der Waals surface area contributed by atoms with Gasteiger partial charge in [0.1, 0.15) is 11.3 Å². The van der Waals surface area contributed by atoms with Crippen molar-refractivity contribution >= 4 is 40.5 Å². The van der Waals surface area contributed by atoms with Crippen molar-refractivity contribution in [1.82, 2.24) is 0 Å². The fourth-order valence-electron chi connectivity index (χ4n) is 1.44. The number of rotatable bonds is 0. The normalized spacial score (nSPS) is 10.0. The van der Waals surface area contributed by atoms with Crippen LogP contribution >= 0.6 is 0 Å². The van der Waals surface area contributed by atoms with Crippen molar-refractivity contribution in [1.29, 1.82) is 0 Å². The molecule has 3 nitrogen and oxygen atoms in total. The fraction of sp³-hybridized carbons (Fsp3) is 0.182. The molecule has 0 aliphatic rings. The Labute approximate surface area is 109 Å². The van der Waals surface area contributed by atoms with E-state index in [-0.39, 0.29) is 40.9 Å². The van der Waals surface area contributed by atoms with E-state index >= 15 is 0 Å². The molecule has 0 spiro atoms. The van der Waals surface area contributed by atoms with Gasteiger partial charge in [0.05, 0.1) is 0 Å². The quantitative estimate of drug-likeness (QED) is 0.533. The van der Waals surface area contributed by atoms with E-state index in [1.807, 2.05) is 6.92 Å². The van der Waals surface area contributed by atoms with E-state index in [1.165, 1.54) is 6.07 Å². The Bertz CT molecular complexity index is 557. The van der Waals surface area contributed by atoms with E-state index in [9.17, 15) is 9.90 Å². The van der Waals surface area contributed by atoms with Crippen LogP contribution in [0.1, 0.15) is 11.1 Å². The molecule has 0 aliphatic heterocycles. The summed E-state index contributed by atoms with van der Waals surface area (Å²) in [6.07, 6.45) is 0. The third kappa shape index (κ3) is 2.09. The van der Waals surface area contributed by atoms with Gasteiger partial charge in [0.25, 0.3) is 0 Å². The second kappa shape index (κ2) is 4.39. The van der Waals surface area contributed by atoms with E-state index in [2.05, 4.69) is 0 Å². The molecule has 0 amide bonds. The van der Waals surface area contributed by atoms with Gasteiger partial charge >= 0.3 is 35.2 Å². The molecule has 74 valence electrons. The molecule has 4 heteroatoms. The second-order valence-electron chi connectivity index (χ2n) is 3.32. The zero-order valence-corrected chi connectivity index (χ0v) is 8.00. The van der Waals surface area contributed by atoms with E-state index in [4.69, 9.17) is 4.42 Å². The van der Waals surface area contributed by atoms with Crippen molar-refractivity contribution < 1.29 is 9.52 Å². The minimum atomic E-state index is -0.347. The molecule has 2 aromatic rings. The summed E-state index contributed by atoms with van der Waals surface area (Å²) < 4.78 is 5.04. The molecule has 1 N–H and O–H groups in total. The average Bonchev–Trinajstić information content (AvgIpc) is 2.14. The predicted octanol–water partition coefficient (Wildman–Crippen LogP) is 1.47. The molecule has 0 unspecified atom stereocenters. The van der Waals surface area contributed by atoms with Gasteiger partial charge in [0, 0.05) is 17.0 Å². The van der Waals surface area contributed by atoms with Gasteiger partial charge in [0.15, 0.2) is 0 Å². The molecule has 1 heterocycles. The van der Waals surface area contributed by atoms with Gasteiger partial charge in [-0.25, -0.2) is 4.79 Å². The summed E-state index contributed by atoms with van der Waals surface area (Å²) in [6.45, 7) is 3.60. The van der Waals surface area contributed by atoms with Crippen LogP contribution in [0.2, 0.25) is 0 Å². The summed E-state index contributed by atoms with van der Waals surface area (Å²) in [7, 11) is 0. The SMILES string of the molecule is Cc1c(C)c2ccc(O)cc2oc1=O.[NaH]. The van der Waals surface area contributed by atoms with E-state index in [0.717, 1.165) is 10.9 Å². The predicted molar refractivity (Wildman–Crippen MR) is 60.8 cm³/mol. The first-order valence-corrected chi connectivity index (χ1v) is 4.32. The Morgan fingerprint density at radius 3 is 2.53 bits per heavy atom. The maximum absolute atomic E-state index is 11.3. The monoisotopic (exact) mass is 214 g/mol. The van der Waals surface area contributed by atoms with Crippen LogP contribution in [0.25, 0.3) is 11.0 Å². The number of aryl methyl sites for hydroxylation is 1. The topological polar surface area (TPSA) is 50.4 Å². The third-order valence-electron chi connectivity index (χ3n) is 2.44. The summed E-state index contributed by atoms with van der Waals surface area (Å²) in [5.74, 6) is 0.101.